The van der Waals surface area contributed by atoms with Gasteiger partial charge in [-0.15, -0.1) is 0 Å². The van der Waals surface area contributed by atoms with Crippen molar-refractivity contribution in [3.8, 4) is 6.07 Å². The minimum absolute atomic E-state index is 0.297. The summed E-state index contributed by atoms with van der Waals surface area (Å²) in [6.45, 7) is 11.4. The van der Waals surface area contributed by atoms with Crippen LogP contribution in [0.25, 0.3) is 0 Å². The summed E-state index contributed by atoms with van der Waals surface area (Å²) in [5.41, 5.74) is 0.297. The summed E-state index contributed by atoms with van der Waals surface area (Å²) < 4.78 is 0. The summed E-state index contributed by atoms with van der Waals surface area (Å²) in [5.74, 6) is 1.31. The molecule has 1 fully saturated rings. The van der Waals surface area contributed by atoms with Gasteiger partial charge in [-0.1, -0.05) is 13.8 Å². The predicted molar refractivity (Wildman–Crippen MR) is 58.8 cm³/mol. The van der Waals surface area contributed by atoms with Gasteiger partial charge in [0.1, 0.15) is 0 Å². The molecule has 0 amide bonds. The number of likely N-dealkylation sites (tertiary alicyclic amines) is 1. The van der Waals surface area contributed by atoms with E-state index in [2.05, 4.69) is 38.7 Å². The Labute approximate surface area is 87.9 Å². The molecule has 1 unspecified atom stereocenters. The highest BCUT2D eigenvalue weighted by Gasteiger charge is 2.37. The monoisotopic (exact) mass is 194 g/mol. The molecule has 2 nitrogen and oxygen atoms in total. The number of nitrogens with zero attached hydrogens (tertiary/aromatic N) is 2. The van der Waals surface area contributed by atoms with Crippen molar-refractivity contribution in [1.29, 1.82) is 5.26 Å². The molecule has 1 aliphatic rings. The molecular weight excluding hydrogens is 172 g/mol. The largest absolute Gasteiger partial charge is 0.298 e. The average molecular weight is 194 g/mol. The third kappa shape index (κ3) is 2.72. The molecular formula is C12H22N2. The maximum Gasteiger partial charge on any atom is 0.0625 e. The highest BCUT2D eigenvalue weighted by molar-refractivity contribution is 4.95. The maximum absolute atomic E-state index is 8.70. The summed E-state index contributed by atoms with van der Waals surface area (Å²) in [4.78, 5) is 2.54. The van der Waals surface area contributed by atoms with Crippen molar-refractivity contribution in [3.05, 3.63) is 0 Å². The quantitative estimate of drug-likeness (QED) is 0.690. The van der Waals surface area contributed by atoms with Crippen molar-refractivity contribution in [3.63, 3.8) is 0 Å². The minimum atomic E-state index is 0.297. The van der Waals surface area contributed by atoms with Gasteiger partial charge < -0.3 is 0 Å². The topological polar surface area (TPSA) is 27.0 Å². The van der Waals surface area contributed by atoms with Crippen LogP contribution in [-0.4, -0.2) is 23.5 Å². The summed E-state index contributed by atoms with van der Waals surface area (Å²) in [6.07, 6.45) is 1.89. The standard InChI is InChI=1S/C12H22N2/c1-10(2)8-14-9-11(5-6-13)7-12(14,3)4/h10-11H,5,7-9H2,1-4H3. The molecule has 2 heteroatoms. The van der Waals surface area contributed by atoms with Gasteiger partial charge in [0.2, 0.25) is 0 Å². The zero-order valence-corrected chi connectivity index (χ0v) is 9.88. The van der Waals surface area contributed by atoms with Gasteiger partial charge in [-0.3, -0.25) is 4.90 Å². The predicted octanol–water partition coefficient (Wildman–Crippen LogP) is 2.66. The zero-order chi connectivity index (χ0) is 10.8. The Bertz CT molecular complexity index is 225. The van der Waals surface area contributed by atoms with Gasteiger partial charge in [-0.25, -0.2) is 0 Å². The van der Waals surface area contributed by atoms with E-state index in [-0.39, 0.29) is 0 Å². The van der Waals surface area contributed by atoms with Gasteiger partial charge >= 0.3 is 0 Å². The fourth-order valence-electron chi connectivity index (χ4n) is 2.49. The highest BCUT2D eigenvalue weighted by Crippen LogP contribution is 2.34. The van der Waals surface area contributed by atoms with Crippen molar-refractivity contribution in [2.24, 2.45) is 11.8 Å². The maximum atomic E-state index is 8.70. The SMILES string of the molecule is CC(C)CN1CC(CC#N)CC1(C)C. The van der Waals surface area contributed by atoms with Gasteiger partial charge in [0.05, 0.1) is 6.07 Å². The molecule has 0 aliphatic carbocycles. The third-order valence-corrected chi connectivity index (χ3v) is 3.09. The Morgan fingerprint density at radius 1 is 1.50 bits per heavy atom. The van der Waals surface area contributed by atoms with Crippen LogP contribution in [0.3, 0.4) is 0 Å². The first-order valence-corrected chi connectivity index (χ1v) is 5.57. The molecule has 1 aliphatic heterocycles. The van der Waals surface area contributed by atoms with E-state index in [4.69, 9.17) is 5.26 Å². The van der Waals surface area contributed by atoms with Gasteiger partial charge in [0.15, 0.2) is 0 Å². The molecule has 0 aromatic carbocycles. The summed E-state index contributed by atoms with van der Waals surface area (Å²) >= 11 is 0. The smallest absolute Gasteiger partial charge is 0.0625 e. The molecule has 0 aromatic heterocycles. The second-order valence-corrected chi connectivity index (χ2v) is 5.54. The van der Waals surface area contributed by atoms with E-state index in [1.54, 1.807) is 0 Å². The average Bonchev–Trinajstić information content (AvgIpc) is 2.26. The first kappa shape index (κ1) is 11.5. The summed E-state index contributed by atoms with van der Waals surface area (Å²) in [6, 6.07) is 2.29. The normalized spacial score (nSPS) is 26.7. The van der Waals surface area contributed by atoms with Crippen LogP contribution in [-0.2, 0) is 0 Å². The summed E-state index contributed by atoms with van der Waals surface area (Å²) in [5, 5.41) is 8.70. The molecule has 0 bridgehead atoms. The highest BCUT2D eigenvalue weighted by atomic mass is 15.2. The lowest BCUT2D eigenvalue weighted by Gasteiger charge is -2.32. The minimum Gasteiger partial charge on any atom is -0.298 e. The number of nitriles is 1. The van der Waals surface area contributed by atoms with Crippen LogP contribution < -0.4 is 0 Å². The van der Waals surface area contributed by atoms with Crippen LogP contribution in [0.4, 0.5) is 0 Å². The first-order chi connectivity index (χ1) is 6.45. The second-order valence-electron chi connectivity index (χ2n) is 5.54. The van der Waals surface area contributed by atoms with Gasteiger partial charge in [-0.2, -0.15) is 5.26 Å². The van der Waals surface area contributed by atoms with Crippen molar-refractivity contribution in [2.75, 3.05) is 13.1 Å². The fraction of sp³-hybridized carbons (Fsp3) is 0.917. The van der Waals surface area contributed by atoms with E-state index in [9.17, 15) is 0 Å². The van der Waals surface area contributed by atoms with E-state index in [0.29, 0.717) is 11.5 Å². The second kappa shape index (κ2) is 4.31. The van der Waals surface area contributed by atoms with E-state index in [1.165, 1.54) is 6.42 Å². The molecule has 0 aromatic rings. The molecule has 80 valence electrons. The van der Waals surface area contributed by atoms with E-state index in [1.807, 2.05) is 0 Å². The number of rotatable bonds is 3. The van der Waals surface area contributed by atoms with Crippen LogP contribution in [0, 0.1) is 23.2 Å². The van der Waals surface area contributed by atoms with E-state index >= 15 is 0 Å². The zero-order valence-electron chi connectivity index (χ0n) is 9.88. The molecule has 1 atom stereocenters. The molecule has 14 heavy (non-hydrogen) atoms. The molecule has 0 radical (unpaired) electrons. The van der Waals surface area contributed by atoms with Crippen LogP contribution in [0.2, 0.25) is 0 Å². The first-order valence-electron chi connectivity index (χ1n) is 5.57. The lowest BCUT2D eigenvalue weighted by Crippen LogP contribution is -2.40. The van der Waals surface area contributed by atoms with Crippen LogP contribution in [0.15, 0.2) is 0 Å². The molecule has 0 spiro atoms. The lowest BCUT2D eigenvalue weighted by molar-refractivity contribution is 0.155. The molecule has 1 rings (SSSR count). The van der Waals surface area contributed by atoms with Crippen LogP contribution >= 0.6 is 0 Å². The van der Waals surface area contributed by atoms with E-state index in [0.717, 1.165) is 25.4 Å². The molecule has 0 N–H and O–H groups in total. The van der Waals surface area contributed by atoms with Crippen molar-refractivity contribution in [1.82, 2.24) is 4.90 Å². The van der Waals surface area contributed by atoms with Gasteiger partial charge in [-0.05, 0) is 32.1 Å². The number of hydrogen-bond donors (Lipinski definition) is 0. The Balaban J connectivity index is 2.56. The lowest BCUT2D eigenvalue weighted by atomic mass is 9.94. The van der Waals surface area contributed by atoms with E-state index < -0.39 is 0 Å². The Morgan fingerprint density at radius 2 is 2.14 bits per heavy atom. The van der Waals surface area contributed by atoms with Gasteiger partial charge in [0.25, 0.3) is 0 Å². The molecule has 1 heterocycles. The fourth-order valence-corrected chi connectivity index (χ4v) is 2.49. The summed E-state index contributed by atoms with van der Waals surface area (Å²) in [7, 11) is 0. The van der Waals surface area contributed by atoms with Crippen molar-refractivity contribution in [2.45, 2.75) is 46.1 Å². The Hall–Kier alpha value is -0.550. The molecule has 1 saturated heterocycles. The molecule has 0 saturated carbocycles. The van der Waals surface area contributed by atoms with Crippen molar-refractivity contribution < 1.29 is 0 Å². The van der Waals surface area contributed by atoms with Gasteiger partial charge in [0, 0.05) is 25.0 Å². The van der Waals surface area contributed by atoms with Crippen LogP contribution in [0.1, 0.15) is 40.5 Å². The Morgan fingerprint density at radius 3 is 2.64 bits per heavy atom. The Kier molecular flexibility index (Phi) is 3.55. The van der Waals surface area contributed by atoms with Crippen LogP contribution in [0.5, 0.6) is 0 Å². The van der Waals surface area contributed by atoms with Crippen molar-refractivity contribution >= 4 is 0 Å². The third-order valence-electron chi connectivity index (χ3n) is 3.09. The number of hydrogen-bond acceptors (Lipinski definition) is 2.